The number of anilines is 1. The number of thioether (sulfide) groups is 2. The summed E-state index contributed by atoms with van der Waals surface area (Å²) in [6.45, 7) is 0. The summed E-state index contributed by atoms with van der Waals surface area (Å²) in [6, 6.07) is 5.62. The lowest BCUT2D eigenvalue weighted by Crippen LogP contribution is -1.87. The number of hydrogen-bond donors (Lipinski definition) is 1. The maximum absolute atomic E-state index is 6.03. The maximum Gasteiger partial charge on any atom is 0.0543 e. The quantitative estimate of drug-likeness (QED) is 0.487. The van der Waals surface area contributed by atoms with Gasteiger partial charge in [-0.25, -0.2) is 0 Å². The van der Waals surface area contributed by atoms with Crippen LogP contribution in [-0.4, -0.2) is 17.8 Å². The highest BCUT2D eigenvalue weighted by molar-refractivity contribution is 8.00. The van der Waals surface area contributed by atoms with Crippen molar-refractivity contribution < 1.29 is 0 Å². The molecule has 0 aromatic heterocycles. The third-order valence-electron chi connectivity index (χ3n) is 1.71. The third kappa shape index (κ3) is 4.03. The molecule has 78 valence electrons. The van der Waals surface area contributed by atoms with E-state index < -0.39 is 0 Å². The smallest absolute Gasteiger partial charge is 0.0543 e. The van der Waals surface area contributed by atoms with Gasteiger partial charge in [0.05, 0.1) is 5.02 Å². The van der Waals surface area contributed by atoms with Crippen molar-refractivity contribution >= 4 is 40.8 Å². The molecule has 1 aromatic carbocycles. The highest BCUT2D eigenvalue weighted by Crippen LogP contribution is 2.29. The van der Waals surface area contributed by atoms with E-state index in [4.69, 9.17) is 17.3 Å². The van der Waals surface area contributed by atoms with Gasteiger partial charge >= 0.3 is 0 Å². The molecule has 0 amide bonds. The van der Waals surface area contributed by atoms with Crippen LogP contribution in [0.15, 0.2) is 23.1 Å². The van der Waals surface area contributed by atoms with Crippen LogP contribution in [0.5, 0.6) is 0 Å². The molecule has 0 saturated heterocycles. The van der Waals surface area contributed by atoms with Crippen molar-refractivity contribution in [3.05, 3.63) is 23.2 Å². The van der Waals surface area contributed by atoms with E-state index in [1.54, 1.807) is 11.8 Å². The van der Waals surface area contributed by atoms with Crippen molar-refractivity contribution in [1.82, 2.24) is 0 Å². The lowest BCUT2D eigenvalue weighted by molar-refractivity contribution is 1.12. The third-order valence-corrected chi connectivity index (χ3v) is 3.99. The Labute approximate surface area is 98.8 Å². The molecule has 0 aliphatic rings. The van der Waals surface area contributed by atoms with Gasteiger partial charge in [-0.1, -0.05) is 11.6 Å². The first-order chi connectivity index (χ1) is 6.74. The zero-order valence-corrected chi connectivity index (χ0v) is 10.5. The lowest BCUT2D eigenvalue weighted by Gasteiger charge is -2.04. The molecule has 2 N–H and O–H groups in total. The summed E-state index contributed by atoms with van der Waals surface area (Å²) in [4.78, 5) is 1.09. The second-order valence-electron chi connectivity index (χ2n) is 2.88. The number of nitrogens with two attached hydrogens (primary N) is 1. The SMILES string of the molecule is CSCCCSc1cc(N)ccc1Cl. The van der Waals surface area contributed by atoms with E-state index in [0.29, 0.717) is 0 Å². The molecule has 0 radical (unpaired) electrons. The van der Waals surface area contributed by atoms with E-state index in [2.05, 4.69) is 6.26 Å². The van der Waals surface area contributed by atoms with Crippen LogP contribution >= 0.6 is 35.1 Å². The summed E-state index contributed by atoms with van der Waals surface area (Å²) < 4.78 is 0. The van der Waals surface area contributed by atoms with Gasteiger partial charge < -0.3 is 5.73 Å². The van der Waals surface area contributed by atoms with Crippen LogP contribution in [0, 0.1) is 0 Å². The number of benzene rings is 1. The van der Waals surface area contributed by atoms with E-state index in [9.17, 15) is 0 Å². The van der Waals surface area contributed by atoms with E-state index in [1.807, 2.05) is 30.0 Å². The molecule has 0 spiro atoms. The zero-order valence-electron chi connectivity index (χ0n) is 8.13. The van der Waals surface area contributed by atoms with Gasteiger partial charge in [0, 0.05) is 10.6 Å². The predicted molar refractivity (Wildman–Crippen MR) is 69.6 cm³/mol. The zero-order chi connectivity index (χ0) is 10.4. The van der Waals surface area contributed by atoms with Crippen LogP contribution in [-0.2, 0) is 0 Å². The fourth-order valence-electron chi connectivity index (χ4n) is 1.02. The molecular formula is C10H14ClNS2. The van der Waals surface area contributed by atoms with E-state index in [1.165, 1.54) is 12.2 Å². The fourth-order valence-corrected chi connectivity index (χ4v) is 2.85. The monoisotopic (exact) mass is 247 g/mol. The van der Waals surface area contributed by atoms with Gasteiger partial charge in [0.15, 0.2) is 0 Å². The highest BCUT2D eigenvalue weighted by Gasteiger charge is 2.00. The van der Waals surface area contributed by atoms with Crippen LogP contribution in [0.2, 0.25) is 5.02 Å². The van der Waals surface area contributed by atoms with Crippen LogP contribution in [0.25, 0.3) is 0 Å². The maximum atomic E-state index is 6.03. The Hall–Kier alpha value is 0.01000. The molecule has 0 aliphatic heterocycles. The minimum Gasteiger partial charge on any atom is -0.399 e. The molecule has 1 rings (SSSR count). The molecule has 0 aliphatic carbocycles. The molecule has 0 atom stereocenters. The van der Waals surface area contributed by atoms with Crippen molar-refractivity contribution in [1.29, 1.82) is 0 Å². The van der Waals surface area contributed by atoms with Gasteiger partial charge in [-0.3, -0.25) is 0 Å². The van der Waals surface area contributed by atoms with Crippen molar-refractivity contribution in [2.45, 2.75) is 11.3 Å². The molecule has 14 heavy (non-hydrogen) atoms. The molecule has 0 bridgehead atoms. The van der Waals surface area contributed by atoms with Gasteiger partial charge in [-0.05, 0) is 42.4 Å². The fraction of sp³-hybridized carbons (Fsp3) is 0.400. The Bertz CT molecular complexity index is 291. The molecule has 0 saturated carbocycles. The summed E-state index contributed by atoms with van der Waals surface area (Å²) in [5, 5.41) is 0.799. The van der Waals surface area contributed by atoms with Crippen molar-refractivity contribution in [2.75, 3.05) is 23.5 Å². The van der Waals surface area contributed by atoms with Crippen LogP contribution in [0.3, 0.4) is 0 Å². The van der Waals surface area contributed by atoms with Gasteiger partial charge in [0.2, 0.25) is 0 Å². The number of nitrogen functional groups attached to an aromatic ring is 1. The molecule has 4 heteroatoms. The Morgan fingerprint density at radius 3 is 2.86 bits per heavy atom. The average molecular weight is 248 g/mol. The van der Waals surface area contributed by atoms with Gasteiger partial charge in [-0.15, -0.1) is 11.8 Å². The molecule has 0 fully saturated rings. The Balaban J connectivity index is 2.45. The number of rotatable bonds is 5. The lowest BCUT2D eigenvalue weighted by atomic mass is 10.3. The average Bonchev–Trinajstić information content (AvgIpc) is 2.18. The first-order valence-electron chi connectivity index (χ1n) is 4.41. The summed E-state index contributed by atoms with van der Waals surface area (Å²) in [7, 11) is 0. The minimum atomic E-state index is 0.779. The van der Waals surface area contributed by atoms with Gasteiger partial charge in [0.25, 0.3) is 0 Å². The van der Waals surface area contributed by atoms with E-state index in [-0.39, 0.29) is 0 Å². The summed E-state index contributed by atoms with van der Waals surface area (Å²) in [5.41, 5.74) is 6.46. The van der Waals surface area contributed by atoms with Crippen molar-refractivity contribution in [3.8, 4) is 0 Å². The minimum absolute atomic E-state index is 0.779. The first-order valence-corrected chi connectivity index (χ1v) is 7.16. The second-order valence-corrected chi connectivity index (χ2v) is 5.41. The molecule has 1 nitrogen and oxygen atoms in total. The van der Waals surface area contributed by atoms with Crippen molar-refractivity contribution in [3.63, 3.8) is 0 Å². The Morgan fingerprint density at radius 1 is 1.36 bits per heavy atom. The van der Waals surface area contributed by atoms with E-state index in [0.717, 1.165) is 21.4 Å². The molecule has 1 aromatic rings. The number of hydrogen-bond acceptors (Lipinski definition) is 3. The van der Waals surface area contributed by atoms with E-state index >= 15 is 0 Å². The molecule has 0 unspecified atom stereocenters. The summed E-state index contributed by atoms with van der Waals surface area (Å²) >= 11 is 9.68. The molecular weight excluding hydrogens is 234 g/mol. The van der Waals surface area contributed by atoms with Crippen LogP contribution in [0.4, 0.5) is 5.69 Å². The Kier molecular flexibility index (Phi) is 5.60. The standard InChI is InChI=1S/C10H14ClNS2/c1-13-5-2-6-14-10-7-8(12)3-4-9(10)11/h3-4,7H,2,5-6,12H2,1H3. The summed E-state index contributed by atoms with van der Waals surface area (Å²) in [5.74, 6) is 2.30. The van der Waals surface area contributed by atoms with Crippen LogP contribution in [0.1, 0.15) is 6.42 Å². The topological polar surface area (TPSA) is 26.0 Å². The molecule has 0 heterocycles. The second kappa shape index (κ2) is 6.49. The number of halogens is 1. The normalized spacial score (nSPS) is 10.4. The van der Waals surface area contributed by atoms with Gasteiger partial charge in [0.1, 0.15) is 0 Å². The summed E-state index contributed by atoms with van der Waals surface area (Å²) in [6.07, 6.45) is 3.33. The Morgan fingerprint density at radius 2 is 2.14 bits per heavy atom. The van der Waals surface area contributed by atoms with Crippen molar-refractivity contribution in [2.24, 2.45) is 0 Å². The first kappa shape index (κ1) is 12.1. The van der Waals surface area contributed by atoms with Gasteiger partial charge in [-0.2, -0.15) is 11.8 Å². The largest absolute Gasteiger partial charge is 0.399 e. The predicted octanol–water partition coefficient (Wildman–Crippen LogP) is 3.77. The highest BCUT2D eigenvalue weighted by atomic mass is 35.5. The van der Waals surface area contributed by atoms with Crippen LogP contribution < -0.4 is 5.73 Å².